The molecule has 7 atom stereocenters. The molecule has 4 aromatic carbocycles. The second kappa shape index (κ2) is 18.5. The minimum absolute atomic E-state index is 0.0249. The summed E-state index contributed by atoms with van der Waals surface area (Å²) >= 11 is 0. The molecule has 320 valence electrons. The number of ether oxygens (including phenoxy) is 6. The fourth-order valence-electron chi connectivity index (χ4n) is 6.93. The molecule has 62 heavy (non-hydrogen) atoms. The highest BCUT2D eigenvalue weighted by atomic mass is 19.1. The molecule has 3 N–H and O–H groups in total. The summed E-state index contributed by atoms with van der Waals surface area (Å²) < 4.78 is 50.5. The van der Waals surface area contributed by atoms with Crippen LogP contribution in [-0.4, -0.2) is 88.6 Å². The number of rotatable bonds is 12. The van der Waals surface area contributed by atoms with Gasteiger partial charge in [-0.2, -0.15) is 0 Å². The van der Waals surface area contributed by atoms with E-state index in [-0.39, 0.29) is 40.8 Å². The van der Waals surface area contributed by atoms with Crippen molar-refractivity contribution in [3.8, 4) is 11.5 Å². The maximum Gasteiger partial charge on any atom is 0.408 e. The average molecular weight is 850 g/mol. The minimum atomic E-state index is -2.50. The van der Waals surface area contributed by atoms with Crippen LogP contribution in [0.2, 0.25) is 0 Å². The molecule has 0 unspecified atom stereocenters. The number of carbonyl (C=O) groups excluding carboxylic acids is 6. The number of nitrogens with zero attached hydrogens (tertiary/aromatic N) is 1. The second-order valence-electron chi connectivity index (χ2n) is 14.5. The molecule has 0 radical (unpaired) electrons. The first kappa shape index (κ1) is 42.7. The molecule has 1 fully saturated rings. The third kappa shape index (κ3) is 9.02. The van der Waals surface area contributed by atoms with Crippen LogP contribution in [0, 0.1) is 0 Å². The number of nitrogens with one attached hydrogen (secondary N) is 2. The summed E-state index contributed by atoms with van der Waals surface area (Å²) in [4.78, 5) is 83.9. The minimum Gasteiger partial charge on any atom is -0.504 e. The number of halogens is 1. The van der Waals surface area contributed by atoms with Gasteiger partial charge < -0.3 is 44.2 Å². The van der Waals surface area contributed by atoms with E-state index in [2.05, 4.69) is 15.6 Å². The number of alkyl carbamates (subject to hydrolysis) is 2. The molecule has 17 heteroatoms. The monoisotopic (exact) mass is 849 g/mol. The number of phenolic OH excluding ortho intramolecular Hbond substituents is 1. The number of benzene rings is 4. The molecule has 5 aromatic rings. The topological polar surface area (TPSA) is 215 Å². The Labute approximate surface area is 353 Å². The van der Waals surface area contributed by atoms with Gasteiger partial charge in [0.05, 0.1) is 11.7 Å². The highest BCUT2D eigenvalue weighted by Crippen LogP contribution is 2.46. The Kier molecular flexibility index (Phi) is 12.7. The fourth-order valence-corrected chi connectivity index (χ4v) is 6.93. The largest absolute Gasteiger partial charge is 0.504 e. The summed E-state index contributed by atoms with van der Waals surface area (Å²) in [6.07, 6.45) is -10.2. The lowest BCUT2D eigenvalue weighted by Gasteiger charge is -2.41. The number of aromatic nitrogens is 1. The first-order chi connectivity index (χ1) is 29.8. The van der Waals surface area contributed by atoms with Crippen LogP contribution in [0.4, 0.5) is 14.0 Å². The SMILES string of the molecule is C[C@H](NC(=O)OCc1ccccc1)C(=O)O[C@H]1[C@@H](F)[C@H](Oc2c(O)c3c(c4cccnc24)C(=O)c2ccccc2C3=O)O[C@@H](C)[C@H]1OC(=O)[C@H](C)NC(=O)OCc1ccccc1. The quantitative estimate of drug-likeness (QED) is 0.101. The molecule has 2 heterocycles. The van der Waals surface area contributed by atoms with Crippen LogP contribution in [0.1, 0.15) is 63.7 Å². The fraction of sp³-hybridized carbons (Fsp3) is 0.267. The second-order valence-corrected chi connectivity index (χ2v) is 14.5. The number of alkyl halides is 1. The molecule has 1 aliphatic carbocycles. The zero-order valence-electron chi connectivity index (χ0n) is 33.4. The maximum absolute atomic E-state index is 17.0. The molecule has 2 aliphatic rings. The molecule has 2 amide bonds. The Balaban J connectivity index is 1.13. The zero-order valence-corrected chi connectivity index (χ0v) is 33.4. The first-order valence-electron chi connectivity index (χ1n) is 19.5. The lowest BCUT2D eigenvalue weighted by molar-refractivity contribution is -0.263. The van der Waals surface area contributed by atoms with Crippen molar-refractivity contribution in [2.24, 2.45) is 0 Å². The standard InChI is InChI=1S/C45H40FN3O13/c1-23(48-44(55)57-21-26-13-6-4-7-14-26)41(53)60-38-25(3)59-43(33(46)39(38)61-42(54)24(2)49-45(56)58-22-27-15-8-5-9-16-27)62-40-34-30(19-12-20-47-34)31-32(37(40)52)36(51)29-18-11-10-17-28(29)35(31)50/h4-20,23-25,33,38-39,43,52H,21-22H2,1-3H3,(H,48,55)(H,49,56)/t23-,24-,25-,33+,38+,39-,43-/m0/s1. The Morgan fingerprint density at radius 1 is 0.726 bits per heavy atom. The predicted octanol–water partition coefficient (Wildman–Crippen LogP) is 5.63. The van der Waals surface area contributed by atoms with E-state index in [0.717, 1.165) is 0 Å². The van der Waals surface area contributed by atoms with Crippen LogP contribution < -0.4 is 15.4 Å². The number of fused-ring (bicyclic) bond motifs is 4. The Morgan fingerprint density at radius 2 is 1.23 bits per heavy atom. The highest BCUT2D eigenvalue weighted by Gasteiger charge is 2.52. The molecular formula is C45H40FN3O13. The maximum atomic E-state index is 17.0. The number of aromatic hydroxyl groups is 1. The van der Waals surface area contributed by atoms with Gasteiger partial charge in [-0.15, -0.1) is 0 Å². The average Bonchev–Trinajstić information content (AvgIpc) is 3.28. The van der Waals surface area contributed by atoms with Crippen molar-refractivity contribution in [1.82, 2.24) is 15.6 Å². The molecule has 7 rings (SSSR count). The van der Waals surface area contributed by atoms with Gasteiger partial charge >= 0.3 is 24.1 Å². The van der Waals surface area contributed by atoms with Crippen molar-refractivity contribution in [3.05, 3.63) is 137 Å². The molecule has 0 saturated carbocycles. The van der Waals surface area contributed by atoms with Gasteiger partial charge in [-0.25, -0.2) is 23.6 Å². The highest BCUT2D eigenvalue weighted by molar-refractivity contribution is 6.33. The number of esters is 2. The van der Waals surface area contributed by atoms with E-state index in [1.807, 2.05) is 0 Å². The molecule has 16 nitrogen and oxygen atoms in total. The van der Waals surface area contributed by atoms with Crippen LogP contribution >= 0.6 is 0 Å². The van der Waals surface area contributed by atoms with E-state index >= 15 is 4.39 Å². The molecule has 0 bridgehead atoms. The lowest BCUT2D eigenvalue weighted by atomic mass is 9.81. The van der Waals surface area contributed by atoms with Crippen LogP contribution in [0.5, 0.6) is 11.5 Å². The molecule has 1 aromatic heterocycles. The van der Waals surface area contributed by atoms with Crippen molar-refractivity contribution in [2.45, 2.75) is 76.8 Å². The van der Waals surface area contributed by atoms with Crippen LogP contribution in [0.15, 0.2) is 103 Å². The number of pyridine rings is 1. The normalized spacial score (nSPS) is 20.1. The van der Waals surface area contributed by atoms with Crippen LogP contribution in [0.25, 0.3) is 10.9 Å². The predicted molar refractivity (Wildman–Crippen MR) is 215 cm³/mol. The number of ketones is 2. The number of carbonyl (C=O) groups is 6. The van der Waals surface area contributed by atoms with E-state index < -0.39 is 95.6 Å². The van der Waals surface area contributed by atoms with Gasteiger partial charge in [-0.1, -0.05) is 91.0 Å². The summed E-state index contributed by atoms with van der Waals surface area (Å²) in [5, 5.41) is 16.4. The van der Waals surface area contributed by atoms with E-state index in [0.29, 0.717) is 11.1 Å². The van der Waals surface area contributed by atoms with Gasteiger partial charge in [0.1, 0.15) is 30.8 Å². The third-order valence-corrected chi connectivity index (χ3v) is 10.1. The number of hydrogen-bond donors (Lipinski definition) is 3. The summed E-state index contributed by atoms with van der Waals surface area (Å²) in [6.45, 7) is 3.68. The van der Waals surface area contributed by atoms with Gasteiger partial charge in [0.2, 0.25) is 12.5 Å². The number of phenols is 1. The summed E-state index contributed by atoms with van der Waals surface area (Å²) in [5.41, 5.74) is 0.840. The Bertz CT molecular complexity index is 2520. The summed E-state index contributed by atoms with van der Waals surface area (Å²) in [5.74, 6) is -4.87. The van der Waals surface area contributed by atoms with Crippen LogP contribution in [-0.2, 0) is 46.5 Å². The summed E-state index contributed by atoms with van der Waals surface area (Å²) in [7, 11) is 0. The number of hydrogen-bond acceptors (Lipinski definition) is 14. The van der Waals surface area contributed by atoms with Gasteiger partial charge in [0, 0.05) is 28.3 Å². The summed E-state index contributed by atoms with van der Waals surface area (Å²) in [6, 6.07) is 23.8. The Hall–Kier alpha value is -7.40. The van der Waals surface area contributed by atoms with Crippen LogP contribution in [0.3, 0.4) is 0 Å². The molecule has 1 saturated heterocycles. The van der Waals surface area contributed by atoms with Gasteiger partial charge in [-0.3, -0.25) is 14.6 Å². The van der Waals surface area contributed by atoms with Crippen molar-refractivity contribution in [3.63, 3.8) is 0 Å². The van der Waals surface area contributed by atoms with Gasteiger partial charge in [0.15, 0.2) is 35.3 Å². The lowest BCUT2D eigenvalue weighted by Crippen LogP contribution is -2.61. The van der Waals surface area contributed by atoms with E-state index in [1.54, 1.807) is 72.8 Å². The zero-order chi connectivity index (χ0) is 44.1. The Morgan fingerprint density at radius 3 is 1.77 bits per heavy atom. The molecule has 0 spiro atoms. The van der Waals surface area contributed by atoms with Crippen molar-refractivity contribution < 1.29 is 66.7 Å². The van der Waals surface area contributed by atoms with Crippen molar-refractivity contribution >= 4 is 46.6 Å². The van der Waals surface area contributed by atoms with Gasteiger partial charge in [-0.05, 0) is 38.0 Å². The van der Waals surface area contributed by atoms with E-state index in [4.69, 9.17) is 28.4 Å². The molecular weight excluding hydrogens is 810 g/mol. The third-order valence-electron chi connectivity index (χ3n) is 10.1. The van der Waals surface area contributed by atoms with Gasteiger partial charge in [0.25, 0.3) is 0 Å². The smallest absolute Gasteiger partial charge is 0.408 e. The van der Waals surface area contributed by atoms with Crippen molar-refractivity contribution in [2.75, 3.05) is 0 Å². The molecule has 1 aliphatic heterocycles. The van der Waals surface area contributed by atoms with E-state index in [1.165, 1.54) is 51.2 Å². The number of amides is 2. The van der Waals surface area contributed by atoms with E-state index in [9.17, 15) is 33.9 Å². The van der Waals surface area contributed by atoms with Crippen molar-refractivity contribution in [1.29, 1.82) is 0 Å². The first-order valence-corrected chi connectivity index (χ1v) is 19.5.